The van der Waals surface area contributed by atoms with E-state index in [0.29, 0.717) is 22.1 Å². The summed E-state index contributed by atoms with van der Waals surface area (Å²) >= 11 is 6.92. The van der Waals surface area contributed by atoms with Gasteiger partial charge in [-0.2, -0.15) is 4.98 Å². The molecule has 1 heterocycles. The van der Waals surface area contributed by atoms with E-state index in [4.69, 9.17) is 16.3 Å². The van der Waals surface area contributed by atoms with Crippen LogP contribution in [-0.4, -0.2) is 33.4 Å². The Hall–Kier alpha value is -2.97. The quantitative estimate of drug-likeness (QED) is 0.472. The molecule has 7 nitrogen and oxygen atoms in total. The maximum absolute atomic E-state index is 12.4. The first-order valence-corrected chi connectivity index (χ1v) is 9.48. The molecule has 3 aromatic rings. The SMILES string of the molecule is COc1cccc(NC(=O)CSc2nc(O)cc(=O)n2-c2ccc(Cl)cc2)c1. The van der Waals surface area contributed by atoms with Crippen LogP contribution in [0.3, 0.4) is 0 Å². The summed E-state index contributed by atoms with van der Waals surface area (Å²) in [6, 6.07) is 14.6. The van der Waals surface area contributed by atoms with Gasteiger partial charge in [-0.1, -0.05) is 29.4 Å². The number of aromatic hydroxyl groups is 1. The Morgan fingerprint density at radius 3 is 2.71 bits per heavy atom. The fraction of sp³-hybridized carbons (Fsp3) is 0.105. The average molecular weight is 418 g/mol. The number of benzene rings is 2. The van der Waals surface area contributed by atoms with Crippen LogP contribution in [0.5, 0.6) is 11.6 Å². The summed E-state index contributed by atoms with van der Waals surface area (Å²) in [4.78, 5) is 28.6. The Morgan fingerprint density at radius 1 is 1.25 bits per heavy atom. The zero-order chi connectivity index (χ0) is 20.1. The maximum Gasteiger partial charge on any atom is 0.262 e. The molecule has 0 spiro atoms. The molecule has 2 aromatic carbocycles. The molecule has 0 saturated carbocycles. The molecule has 0 fully saturated rings. The number of hydrogen-bond acceptors (Lipinski definition) is 6. The number of amides is 1. The van der Waals surface area contributed by atoms with Gasteiger partial charge < -0.3 is 15.2 Å². The van der Waals surface area contributed by atoms with Gasteiger partial charge in [-0.25, -0.2) is 0 Å². The number of rotatable bonds is 6. The molecule has 1 aromatic heterocycles. The number of carbonyl (C=O) groups is 1. The highest BCUT2D eigenvalue weighted by Gasteiger charge is 2.13. The van der Waals surface area contributed by atoms with E-state index in [1.54, 1.807) is 55.6 Å². The molecule has 0 radical (unpaired) electrons. The molecule has 0 atom stereocenters. The Labute approximate surface area is 169 Å². The average Bonchev–Trinajstić information content (AvgIpc) is 2.67. The number of halogens is 1. The number of thioether (sulfide) groups is 1. The van der Waals surface area contributed by atoms with Gasteiger partial charge in [-0.05, 0) is 36.4 Å². The third-order valence-electron chi connectivity index (χ3n) is 3.65. The molecule has 144 valence electrons. The number of nitrogens with zero attached hydrogens (tertiary/aromatic N) is 2. The lowest BCUT2D eigenvalue weighted by Crippen LogP contribution is -2.21. The van der Waals surface area contributed by atoms with Crippen LogP contribution in [0, 0.1) is 0 Å². The number of aromatic nitrogens is 2. The van der Waals surface area contributed by atoms with E-state index in [1.165, 1.54) is 4.57 Å². The first-order chi connectivity index (χ1) is 13.5. The Balaban J connectivity index is 1.79. The van der Waals surface area contributed by atoms with Gasteiger partial charge in [0, 0.05) is 16.8 Å². The van der Waals surface area contributed by atoms with Crippen molar-refractivity contribution in [1.29, 1.82) is 0 Å². The molecule has 0 saturated heterocycles. The van der Waals surface area contributed by atoms with E-state index in [1.807, 2.05) is 0 Å². The van der Waals surface area contributed by atoms with Gasteiger partial charge in [0.1, 0.15) is 5.75 Å². The van der Waals surface area contributed by atoms with Crippen molar-refractivity contribution >= 4 is 35.0 Å². The van der Waals surface area contributed by atoms with E-state index >= 15 is 0 Å². The maximum atomic E-state index is 12.4. The zero-order valence-electron chi connectivity index (χ0n) is 14.8. The van der Waals surface area contributed by atoms with Crippen molar-refractivity contribution in [2.24, 2.45) is 0 Å². The fourth-order valence-corrected chi connectivity index (χ4v) is 3.34. The van der Waals surface area contributed by atoms with E-state index in [9.17, 15) is 14.7 Å². The van der Waals surface area contributed by atoms with Gasteiger partial charge in [-0.3, -0.25) is 14.2 Å². The standard InChI is InChI=1S/C19H16ClN3O4S/c1-27-15-4-2-3-13(9-15)21-17(25)11-28-19-22-16(24)10-18(26)23(19)14-7-5-12(20)6-8-14/h2-10,24H,11H2,1H3,(H,21,25). The van der Waals surface area contributed by atoms with E-state index in [0.717, 1.165) is 17.8 Å². The predicted octanol–water partition coefficient (Wildman–Crippen LogP) is 3.33. The lowest BCUT2D eigenvalue weighted by atomic mass is 10.3. The monoisotopic (exact) mass is 417 g/mol. The van der Waals surface area contributed by atoms with E-state index < -0.39 is 11.4 Å². The van der Waals surface area contributed by atoms with Crippen LogP contribution in [0.1, 0.15) is 0 Å². The molecule has 0 aliphatic heterocycles. The molecule has 2 N–H and O–H groups in total. The molecule has 0 unspecified atom stereocenters. The Bertz CT molecular complexity index is 1050. The predicted molar refractivity (Wildman–Crippen MR) is 109 cm³/mol. The molecule has 0 aliphatic carbocycles. The van der Waals surface area contributed by atoms with Crippen molar-refractivity contribution < 1.29 is 14.6 Å². The largest absolute Gasteiger partial charge is 0.497 e. The van der Waals surface area contributed by atoms with Gasteiger partial charge >= 0.3 is 0 Å². The first kappa shape index (κ1) is 19.8. The minimum Gasteiger partial charge on any atom is -0.497 e. The van der Waals surface area contributed by atoms with Gasteiger partial charge in [0.05, 0.1) is 24.6 Å². The number of hydrogen-bond donors (Lipinski definition) is 2. The van der Waals surface area contributed by atoms with Crippen LogP contribution in [0.25, 0.3) is 5.69 Å². The van der Waals surface area contributed by atoms with Gasteiger partial charge in [0.15, 0.2) is 5.16 Å². The highest BCUT2D eigenvalue weighted by Crippen LogP contribution is 2.22. The van der Waals surface area contributed by atoms with Crippen molar-refractivity contribution in [3.63, 3.8) is 0 Å². The summed E-state index contributed by atoms with van der Waals surface area (Å²) in [5, 5.41) is 13.2. The van der Waals surface area contributed by atoms with Crippen LogP contribution < -0.4 is 15.6 Å². The van der Waals surface area contributed by atoms with Crippen molar-refractivity contribution in [3.05, 3.63) is 70.0 Å². The lowest BCUT2D eigenvalue weighted by Gasteiger charge is -2.12. The van der Waals surface area contributed by atoms with Crippen molar-refractivity contribution in [3.8, 4) is 17.3 Å². The minimum absolute atomic E-state index is 0.0132. The van der Waals surface area contributed by atoms with E-state index in [-0.39, 0.29) is 16.8 Å². The Kier molecular flexibility index (Phi) is 6.23. The first-order valence-electron chi connectivity index (χ1n) is 8.12. The zero-order valence-corrected chi connectivity index (χ0v) is 16.3. The molecular weight excluding hydrogens is 402 g/mol. The second-order valence-corrected chi connectivity index (χ2v) is 6.99. The van der Waals surface area contributed by atoms with Crippen molar-refractivity contribution in [1.82, 2.24) is 9.55 Å². The second kappa shape index (κ2) is 8.81. The van der Waals surface area contributed by atoms with Crippen LogP contribution >= 0.6 is 23.4 Å². The van der Waals surface area contributed by atoms with Gasteiger partial charge in [0.2, 0.25) is 11.8 Å². The van der Waals surface area contributed by atoms with Crippen LogP contribution in [0.15, 0.2) is 64.5 Å². The third kappa shape index (κ3) is 4.85. The third-order valence-corrected chi connectivity index (χ3v) is 4.84. The molecule has 3 rings (SSSR count). The number of ether oxygens (including phenoxy) is 1. The smallest absolute Gasteiger partial charge is 0.262 e. The molecular formula is C19H16ClN3O4S. The number of anilines is 1. The van der Waals surface area contributed by atoms with Gasteiger partial charge in [-0.15, -0.1) is 0 Å². The number of methoxy groups -OCH3 is 1. The molecule has 1 amide bonds. The molecule has 0 bridgehead atoms. The summed E-state index contributed by atoms with van der Waals surface area (Å²) in [6.07, 6.45) is 0. The summed E-state index contributed by atoms with van der Waals surface area (Å²) < 4.78 is 6.43. The molecule has 9 heteroatoms. The minimum atomic E-state index is -0.467. The molecule has 28 heavy (non-hydrogen) atoms. The van der Waals surface area contributed by atoms with Crippen LogP contribution in [-0.2, 0) is 4.79 Å². The summed E-state index contributed by atoms with van der Waals surface area (Å²) in [5.74, 6) is -0.0955. The van der Waals surface area contributed by atoms with Crippen molar-refractivity contribution in [2.75, 3.05) is 18.2 Å². The van der Waals surface area contributed by atoms with Crippen molar-refractivity contribution in [2.45, 2.75) is 5.16 Å². The summed E-state index contributed by atoms with van der Waals surface area (Å²) in [6.45, 7) is 0. The highest BCUT2D eigenvalue weighted by atomic mass is 35.5. The number of carbonyl (C=O) groups excluding carboxylic acids is 1. The summed E-state index contributed by atoms with van der Waals surface area (Å²) in [5.41, 5.74) is 0.645. The van der Waals surface area contributed by atoms with Crippen LogP contribution in [0.2, 0.25) is 5.02 Å². The van der Waals surface area contributed by atoms with Crippen LogP contribution in [0.4, 0.5) is 5.69 Å². The topological polar surface area (TPSA) is 93.5 Å². The molecule has 0 aliphatic rings. The van der Waals surface area contributed by atoms with E-state index in [2.05, 4.69) is 10.3 Å². The van der Waals surface area contributed by atoms with Gasteiger partial charge in [0.25, 0.3) is 5.56 Å². The summed E-state index contributed by atoms with van der Waals surface area (Å²) in [7, 11) is 1.54. The highest BCUT2D eigenvalue weighted by molar-refractivity contribution is 7.99. The fourth-order valence-electron chi connectivity index (χ4n) is 2.40. The number of nitrogens with one attached hydrogen (secondary N) is 1. The second-order valence-electron chi connectivity index (χ2n) is 5.62. The lowest BCUT2D eigenvalue weighted by molar-refractivity contribution is -0.113. The normalized spacial score (nSPS) is 10.5. The Morgan fingerprint density at radius 2 is 2.00 bits per heavy atom.